The minimum atomic E-state index is -0.482. The maximum Gasteiger partial charge on any atom is 0.310 e. The van der Waals surface area contributed by atoms with Gasteiger partial charge in [0.25, 0.3) is 11.7 Å². The number of fused-ring (bicyclic) bond motifs is 2. The second kappa shape index (κ2) is 8.83. The summed E-state index contributed by atoms with van der Waals surface area (Å²) in [5.41, 5.74) is 6.05. The van der Waals surface area contributed by atoms with E-state index in [0.717, 1.165) is 29.7 Å². The van der Waals surface area contributed by atoms with Crippen molar-refractivity contribution in [1.29, 1.82) is 0 Å². The van der Waals surface area contributed by atoms with Crippen LogP contribution in [0.1, 0.15) is 59.4 Å². The molecule has 0 saturated heterocycles. The van der Waals surface area contributed by atoms with E-state index in [4.69, 9.17) is 4.74 Å². The quantitative estimate of drug-likeness (QED) is 0.614. The molecule has 162 valence electrons. The number of hydrogen-bond acceptors (Lipinski definition) is 6. The Balaban J connectivity index is 1.32. The van der Waals surface area contributed by atoms with Gasteiger partial charge in [-0.25, -0.2) is 9.50 Å². The van der Waals surface area contributed by atoms with Crippen LogP contribution in [-0.2, 0) is 33.6 Å². The first-order valence-corrected chi connectivity index (χ1v) is 10.6. The van der Waals surface area contributed by atoms with Crippen molar-refractivity contribution in [1.82, 2.24) is 24.9 Å². The van der Waals surface area contributed by atoms with Crippen molar-refractivity contribution in [2.75, 3.05) is 6.61 Å². The molecule has 2 heterocycles. The van der Waals surface area contributed by atoms with Gasteiger partial charge in [0.1, 0.15) is 6.33 Å². The number of benzene rings is 1. The Morgan fingerprint density at radius 2 is 1.97 bits per heavy atom. The molecule has 0 radical (unpaired) electrons. The van der Waals surface area contributed by atoms with Crippen molar-refractivity contribution in [3.63, 3.8) is 0 Å². The van der Waals surface area contributed by atoms with Gasteiger partial charge in [-0.3, -0.25) is 9.59 Å². The van der Waals surface area contributed by atoms with Crippen LogP contribution in [0.25, 0.3) is 5.78 Å². The number of rotatable bonds is 6. The average molecular weight is 422 g/mol. The van der Waals surface area contributed by atoms with Crippen LogP contribution in [-0.4, -0.2) is 38.1 Å². The zero-order valence-corrected chi connectivity index (χ0v) is 18.1. The molecule has 0 aliphatic heterocycles. The normalized spacial score (nSPS) is 14.2. The van der Waals surface area contributed by atoms with E-state index in [1.54, 1.807) is 4.52 Å². The molecule has 2 aromatic heterocycles. The molecule has 1 aliphatic rings. The van der Waals surface area contributed by atoms with E-state index in [-0.39, 0.29) is 25.0 Å². The van der Waals surface area contributed by atoms with Crippen molar-refractivity contribution < 1.29 is 14.3 Å². The first-order valence-electron chi connectivity index (χ1n) is 10.6. The Morgan fingerprint density at radius 1 is 1.19 bits per heavy atom. The molecule has 31 heavy (non-hydrogen) atoms. The van der Waals surface area contributed by atoms with Crippen molar-refractivity contribution in [3.8, 4) is 0 Å². The molecular weight excluding hydrogens is 394 g/mol. The number of carbonyl (C=O) groups excluding carboxylic acids is 2. The first-order chi connectivity index (χ1) is 14.9. The molecule has 1 amide bonds. The highest BCUT2D eigenvalue weighted by atomic mass is 16.5. The minimum absolute atomic E-state index is 0.0219. The van der Waals surface area contributed by atoms with Crippen LogP contribution in [0.3, 0.4) is 0 Å². The van der Waals surface area contributed by atoms with E-state index in [1.165, 1.54) is 30.3 Å². The van der Waals surface area contributed by atoms with Gasteiger partial charge < -0.3 is 10.1 Å². The number of hydrogen-bond donors (Lipinski definition) is 1. The zero-order chi connectivity index (χ0) is 22.0. The fourth-order valence-electron chi connectivity index (χ4n) is 4.14. The van der Waals surface area contributed by atoms with Gasteiger partial charge in [-0.1, -0.05) is 18.2 Å². The molecule has 1 aliphatic carbocycles. The fourth-order valence-corrected chi connectivity index (χ4v) is 4.14. The summed E-state index contributed by atoms with van der Waals surface area (Å²) < 4.78 is 6.80. The summed E-state index contributed by atoms with van der Waals surface area (Å²) in [6.45, 7) is 5.30. The Hall–Kier alpha value is -3.29. The molecule has 4 rings (SSSR count). The van der Waals surface area contributed by atoms with Crippen molar-refractivity contribution in [2.24, 2.45) is 0 Å². The number of aryl methyl sites for hydroxylation is 4. The number of nitrogens with zero attached hydrogens (tertiary/aromatic N) is 4. The highest BCUT2D eigenvalue weighted by molar-refractivity contribution is 5.81. The van der Waals surface area contributed by atoms with E-state index in [1.807, 2.05) is 20.8 Å². The van der Waals surface area contributed by atoms with E-state index >= 15 is 0 Å². The maximum absolute atomic E-state index is 12.3. The summed E-state index contributed by atoms with van der Waals surface area (Å²) in [5.74, 6) is -0.316. The second-order valence-electron chi connectivity index (χ2n) is 8.09. The summed E-state index contributed by atoms with van der Waals surface area (Å²) in [4.78, 5) is 33.1. The van der Waals surface area contributed by atoms with Gasteiger partial charge in [-0.15, -0.1) is 0 Å². The van der Waals surface area contributed by atoms with Crippen LogP contribution in [0, 0.1) is 13.8 Å². The lowest BCUT2D eigenvalue weighted by atomic mass is 9.89. The van der Waals surface area contributed by atoms with E-state index in [2.05, 4.69) is 38.6 Å². The number of aromatic nitrogens is 4. The van der Waals surface area contributed by atoms with Gasteiger partial charge in [-0.2, -0.15) is 10.1 Å². The van der Waals surface area contributed by atoms with Crippen LogP contribution >= 0.6 is 0 Å². The van der Waals surface area contributed by atoms with Gasteiger partial charge in [0.15, 0.2) is 6.61 Å². The number of ether oxygens (including phenoxy) is 1. The van der Waals surface area contributed by atoms with Crippen molar-refractivity contribution >= 4 is 17.7 Å². The van der Waals surface area contributed by atoms with Crippen LogP contribution in [0.2, 0.25) is 0 Å². The smallest absolute Gasteiger partial charge is 0.310 e. The molecule has 1 aromatic carbocycles. The molecule has 3 aromatic rings. The van der Waals surface area contributed by atoms with Crippen molar-refractivity contribution in [3.05, 3.63) is 58.2 Å². The van der Waals surface area contributed by atoms with Gasteiger partial charge in [0.2, 0.25) is 0 Å². The Labute approximate surface area is 181 Å². The van der Waals surface area contributed by atoms with Gasteiger partial charge in [0.05, 0.1) is 12.5 Å². The SMILES string of the molecule is Cc1nc2ncnn2c(C)c1CC(=O)OCC(=O)N[C@@H](C)c1ccc2c(c1)CCCC2. The Bertz CT molecular complexity index is 1140. The topological polar surface area (TPSA) is 98.5 Å². The standard InChI is InChI=1S/C23H27N5O3/c1-14(18-9-8-17-6-4-5-7-19(17)10-18)26-21(29)12-31-22(30)11-20-15(2)27-23-24-13-25-28(23)16(20)3/h8-10,13-14H,4-7,11-12H2,1-3H3,(H,26,29)/t14-/m0/s1. The first kappa shape index (κ1) is 21.0. The third kappa shape index (κ3) is 4.57. The molecule has 8 nitrogen and oxygen atoms in total. The van der Waals surface area contributed by atoms with E-state index in [0.29, 0.717) is 11.5 Å². The Morgan fingerprint density at radius 3 is 2.77 bits per heavy atom. The van der Waals surface area contributed by atoms with Crippen LogP contribution in [0.5, 0.6) is 0 Å². The molecular formula is C23H27N5O3. The highest BCUT2D eigenvalue weighted by Crippen LogP contribution is 2.24. The fraction of sp³-hybridized carbons (Fsp3) is 0.435. The number of amides is 1. The lowest BCUT2D eigenvalue weighted by Crippen LogP contribution is -2.31. The molecule has 0 spiro atoms. The van der Waals surface area contributed by atoms with Crippen LogP contribution < -0.4 is 5.32 Å². The molecule has 8 heteroatoms. The van der Waals surface area contributed by atoms with E-state index < -0.39 is 5.97 Å². The van der Waals surface area contributed by atoms with Gasteiger partial charge in [0, 0.05) is 17.0 Å². The molecule has 0 unspecified atom stereocenters. The van der Waals surface area contributed by atoms with Crippen LogP contribution in [0.4, 0.5) is 0 Å². The van der Waals surface area contributed by atoms with Gasteiger partial charge >= 0.3 is 5.97 Å². The summed E-state index contributed by atoms with van der Waals surface area (Å²) in [7, 11) is 0. The third-order valence-electron chi connectivity index (χ3n) is 5.92. The summed E-state index contributed by atoms with van der Waals surface area (Å²) in [6.07, 6.45) is 6.12. The number of esters is 1. The molecule has 1 atom stereocenters. The third-order valence-corrected chi connectivity index (χ3v) is 5.92. The van der Waals surface area contributed by atoms with E-state index in [9.17, 15) is 9.59 Å². The maximum atomic E-state index is 12.3. The summed E-state index contributed by atoms with van der Waals surface area (Å²) >= 11 is 0. The number of carbonyl (C=O) groups is 2. The Kier molecular flexibility index (Phi) is 5.97. The zero-order valence-electron chi connectivity index (χ0n) is 18.1. The lowest BCUT2D eigenvalue weighted by molar-refractivity contribution is -0.148. The average Bonchev–Trinajstić information content (AvgIpc) is 3.23. The minimum Gasteiger partial charge on any atom is -0.455 e. The largest absolute Gasteiger partial charge is 0.455 e. The summed E-state index contributed by atoms with van der Waals surface area (Å²) in [6, 6.07) is 6.27. The predicted molar refractivity (Wildman–Crippen MR) is 115 cm³/mol. The lowest BCUT2D eigenvalue weighted by Gasteiger charge is -2.20. The molecule has 0 bridgehead atoms. The highest BCUT2D eigenvalue weighted by Gasteiger charge is 2.18. The monoisotopic (exact) mass is 421 g/mol. The number of nitrogens with one attached hydrogen (secondary N) is 1. The molecule has 0 saturated carbocycles. The van der Waals surface area contributed by atoms with Crippen LogP contribution in [0.15, 0.2) is 24.5 Å². The summed E-state index contributed by atoms with van der Waals surface area (Å²) in [5, 5.41) is 7.03. The molecule has 0 fully saturated rings. The van der Waals surface area contributed by atoms with Gasteiger partial charge in [-0.05, 0) is 63.1 Å². The van der Waals surface area contributed by atoms with Crippen molar-refractivity contribution in [2.45, 2.75) is 58.9 Å². The molecule has 1 N–H and O–H groups in total. The second-order valence-corrected chi connectivity index (χ2v) is 8.09. The predicted octanol–water partition coefficient (Wildman–Crippen LogP) is 2.58.